The summed E-state index contributed by atoms with van der Waals surface area (Å²) in [6.07, 6.45) is -0.627. The molecular formula is C26H37N5O6. The van der Waals surface area contributed by atoms with Gasteiger partial charge in [0.05, 0.1) is 6.04 Å². The lowest BCUT2D eigenvalue weighted by molar-refractivity contribution is -0.117. The third-order valence-electron chi connectivity index (χ3n) is 6.19. The molecule has 1 aliphatic rings. The summed E-state index contributed by atoms with van der Waals surface area (Å²) in [6, 6.07) is 4.54. The van der Waals surface area contributed by atoms with Crippen LogP contribution in [-0.4, -0.2) is 74.4 Å². The van der Waals surface area contributed by atoms with Crippen molar-refractivity contribution in [2.24, 2.45) is 0 Å². The van der Waals surface area contributed by atoms with Gasteiger partial charge in [0.2, 0.25) is 5.91 Å². The van der Waals surface area contributed by atoms with Crippen LogP contribution in [0.5, 0.6) is 0 Å². The number of ether oxygens (including phenoxy) is 1. The number of fused-ring (bicyclic) bond motifs is 1. The molecule has 202 valence electrons. The van der Waals surface area contributed by atoms with Crippen molar-refractivity contribution in [3.63, 3.8) is 0 Å². The molecule has 0 spiro atoms. The second-order valence-corrected chi connectivity index (χ2v) is 10.7. The Morgan fingerprint density at radius 3 is 2.51 bits per heavy atom. The molecule has 1 aliphatic heterocycles. The van der Waals surface area contributed by atoms with Gasteiger partial charge in [0.25, 0.3) is 5.89 Å². The summed E-state index contributed by atoms with van der Waals surface area (Å²) in [5, 5.41) is 14.0. The third kappa shape index (κ3) is 6.39. The van der Waals surface area contributed by atoms with Crippen molar-refractivity contribution in [3.05, 3.63) is 29.6 Å². The maximum Gasteiger partial charge on any atom is 0.410 e. The first-order valence-corrected chi connectivity index (χ1v) is 12.4. The van der Waals surface area contributed by atoms with Crippen LogP contribution in [0.3, 0.4) is 0 Å². The van der Waals surface area contributed by atoms with Gasteiger partial charge < -0.3 is 24.2 Å². The number of aromatic nitrogens is 2. The molecule has 2 atom stereocenters. The molecular weight excluding hydrogens is 478 g/mol. The minimum atomic E-state index is -1.02. The van der Waals surface area contributed by atoms with Crippen molar-refractivity contribution in [1.29, 1.82) is 0 Å². The van der Waals surface area contributed by atoms with E-state index < -0.39 is 23.8 Å². The number of benzene rings is 1. The zero-order chi connectivity index (χ0) is 27.7. The summed E-state index contributed by atoms with van der Waals surface area (Å²) in [4.78, 5) is 45.8. The van der Waals surface area contributed by atoms with E-state index in [2.05, 4.69) is 10.1 Å². The Labute approximate surface area is 217 Å². The first-order chi connectivity index (χ1) is 17.2. The highest BCUT2D eigenvalue weighted by Gasteiger charge is 2.38. The van der Waals surface area contributed by atoms with Crippen molar-refractivity contribution in [3.8, 4) is 11.5 Å². The second-order valence-electron chi connectivity index (χ2n) is 10.7. The largest absolute Gasteiger partial charge is 0.465 e. The van der Waals surface area contributed by atoms with E-state index in [1.54, 1.807) is 44.9 Å². The molecule has 3 amide bonds. The van der Waals surface area contributed by atoms with Gasteiger partial charge in [-0.1, -0.05) is 5.16 Å². The lowest BCUT2D eigenvalue weighted by Gasteiger charge is -2.43. The molecule has 3 rings (SSSR count). The van der Waals surface area contributed by atoms with Gasteiger partial charge in [-0.15, -0.1) is 0 Å². The normalized spacial score (nSPS) is 17.4. The minimum absolute atomic E-state index is 0.111. The van der Waals surface area contributed by atoms with Gasteiger partial charge in [-0.25, -0.2) is 9.59 Å². The molecule has 0 unspecified atom stereocenters. The molecule has 0 saturated heterocycles. The number of nitrogens with zero attached hydrogens (tertiary/aromatic N) is 5. The van der Waals surface area contributed by atoms with Crippen molar-refractivity contribution >= 4 is 23.8 Å². The summed E-state index contributed by atoms with van der Waals surface area (Å²) in [5.41, 5.74) is 1.42. The number of rotatable bonds is 6. The number of carbonyl (C=O) groups excluding carboxylic acids is 2. The highest BCUT2D eigenvalue weighted by Crippen LogP contribution is 2.43. The smallest absolute Gasteiger partial charge is 0.410 e. The van der Waals surface area contributed by atoms with Crippen LogP contribution < -0.4 is 4.90 Å². The molecule has 1 N–H and O–H groups in total. The Balaban J connectivity index is 1.88. The first kappa shape index (κ1) is 27.9. The van der Waals surface area contributed by atoms with E-state index in [1.165, 1.54) is 16.7 Å². The Bertz CT molecular complexity index is 1150. The molecule has 0 bridgehead atoms. The van der Waals surface area contributed by atoms with Gasteiger partial charge in [-0.3, -0.25) is 9.69 Å². The van der Waals surface area contributed by atoms with E-state index >= 15 is 0 Å². The Morgan fingerprint density at radius 1 is 1.27 bits per heavy atom. The molecule has 11 nitrogen and oxygen atoms in total. The van der Waals surface area contributed by atoms with E-state index in [-0.39, 0.29) is 23.9 Å². The van der Waals surface area contributed by atoms with Crippen molar-refractivity contribution in [1.82, 2.24) is 19.9 Å². The van der Waals surface area contributed by atoms with E-state index in [9.17, 15) is 19.5 Å². The second kappa shape index (κ2) is 10.8. The van der Waals surface area contributed by atoms with E-state index in [1.807, 2.05) is 26.8 Å². The number of carbonyl (C=O) groups is 3. The highest BCUT2D eigenvalue weighted by atomic mass is 16.6. The van der Waals surface area contributed by atoms with Crippen molar-refractivity contribution in [2.45, 2.75) is 85.0 Å². The Hall–Kier alpha value is -3.63. The quantitative estimate of drug-likeness (QED) is 0.585. The molecule has 2 heterocycles. The average Bonchev–Trinajstić information content (AvgIpc) is 3.24. The zero-order valence-corrected chi connectivity index (χ0v) is 22.8. The van der Waals surface area contributed by atoms with E-state index in [0.717, 1.165) is 0 Å². The standard InChI is InChI=1S/C26H37N5O6/c1-15(2)30(24(33)34)21-13-16(3)31(17(4)32)20-10-9-18(14-19(20)21)23-27-22(28-37-23)11-12-29(8)25(35)36-26(5,6)7/h9-10,14-16,21H,11-13H2,1-8H3,(H,33,34)/t16-,21+/m0/s1. The lowest BCUT2D eigenvalue weighted by atomic mass is 9.88. The molecule has 11 heteroatoms. The number of hydrogen-bond acceptors (Lipinski definition) is 7. The highest BCUT2D eigenvalue weighted by molar-refractivity contribution is 5.94. The third-order valence-corrected chi connectivity index (χ3v) is 6.19. The molecule has 2 aromatic rings. The number of anilines is 1. The molecule has 1 aromatic heterocycles. The molecule has 0 fully saturated rings. The van der Waals surface area contributed by atoms with E-state index in [4.69, 9.17) is 9.26 Å². The number of carboxylic acid groups (broad SMARTS) is 1. The molecule has 0 aliphatic carbocycles. The van der Waals surface area contributed by atoms with Gasteiger partial charge >= 0.3 is 12.2 Å². The monoisotopic (exact) mass is 515 g/mol. The molecule has 0 saturated carbocycles. The fourth-order valence-electron chi connectivity index (χ4n) is 4.60. The fourth-order valence-corrected chi connectivity index (χ4v) is 4.60. The average molecular weight is 516 g/mol. The maximum absolute atomic E-state index is 12.4. The van der Waals surface area contributed by atoms with E-state index in [0.29, 0.717) is 42.0 Å². The Kier molecular flexibility index (Phi) is 8.14. The lowest BCUT2D eigenvalue weighted by Crippen LogP contribution is -2.48. The summed E-state index contributed by atoms with van der Waals surface area (Å²) >= 11 is 0. The predicted molar refractivity (Wildman–Crippen MR) is 137 cm³/mol. The number of likely N-dealkylation sites (N-methyl/N-ethyl adjacent to an activating group) is 1. The van der Waals surface area contributed by atoms with Crippen LogP contribution >= 0.6 is 0 Å². The Morgan fingerprint density at radius 2 is 1.95 bits per heavy atom. The number of amides is 3. The summed E-state index contributed by atoms with van der Waals surface area (Å²) in [6.45, 7) is 12.8. The van der Waals surface area contributed by atoms with Gasteiger partial charge in [0.15, 0.2) is 5.82 Å². The zero-order valence-electron chi connectivity index (χ0n) is 22.8. The number of hydrogen-bond donors (Lipinski definition) is 1. The fraction of sp³-hybridized carbons (Fsp3) is 0.577. The molecule has 37 heavy (non-hydrogen) atoms. The first-order valence-electron chi connectivity index (χ1n) is 12.4. The van der Waals surface area contributed by atoms with Crippen LogP contribution in [0.15, 0.2) is 22.7 Å². The van der Waals surface area contributed by atoms with Gasteiger partial charge in [-0.2, -0.15) is 4.98 Å². The van der Waals surface area contributed by atoms with Gasteiger partial charge in [-0.05, 0) is 71.7 Å². The van der Waals surface area contributed by atoms with Crippen LogP contribution in [0.25, 0.3) is 11.5 Å². The van der Waals surface area contributed by atoms with Crippen molar-refractivity contribution in [2.75, 3.05) is 18.5 Å². The van der Waals surface area contributed by atoms with Gasteiger partial charge in [0.1, 0.15) is 5.60 Å². The molecule has 1 aromatic carbocycles. The van der Waals surface area contributed by atoms with Crippen LogP contribution in [0, 0.1) is 0 Å². The minimum Gasteiger partial charge on any atom is -0.465 e. The van der Waals surface area contributed by atoms with Crippen LogP contribution in [0.4, 0.5) is 15.3 Å². The molecule has 0 radical (unpaired) electrons. The summed E-state index contributed by atoms with van der Waals surface area (Å²) in [5.74, 6) is 0.587. The van der Waals surface area contributed by atoms with Crippen LogP contribution in [0.1, 0.15) is 72.3 Å². The van der Waals surface area contributed by atoms with Crippen LogP contribution in [-0.2, 0) is 16.0 Å². The van der Waals surface area contributed by atoms with Crippen LogP contribution in [0.2, 0.25) is 0 Å². The van der Waals surface area contributed by atoms with Gasteiger partial charge in [0, 0.05) is 50.3 Å². The SMILES string of the molecule is CC(=O)N1c2ccc(-c3nc(CCN(C)C(=O)OC(C)(C)C)no3)cc2[C@H](N(C(=O)O)C(C)C)C[C@@H]1C. The maximum atomic E-state index is 12.4. The van der Waals surface area contributed by atoms with Crippen molar-refractivity contribution < 1.29 is 28.8 Å². The summed E-state index contributed by atoms with van der Waals surface area (Å²) < 4.78 is 10.9. The summed E-state index contributed by atoms with van der Waals surface area (Å²) in [7, 11) is 1.64. The predicted octanol–water partition coefficient (Wildman–Crippen LogP) is 4.72. The topological polar surface area (TPSA) is 129 Å².